The van der Waals surface area contributed by atoms with Crippen LogP contribution in [0.15, 0.2) is 22.7 Å². The summed E-state index contributed by atoms with van der Waals surface area (Å²) in [6.07, 6.45) is 0. The van der Waals surface area contributed by atoms with Gasteiger partial charge in [0.1, 0.15) is 5.75 Å². The van der Waals surface area contributed by atoms with E-state index in [-0.39, 0.29) is 12.4 Å². The lowest BCUT2D eigenvalue weighted by atomic mass is 10.1. The topological polar surface area (TPSA) is 24.5 Å². The summed E-state index contributed by atoms with van der Waals surface area (Å²) >= 11 is 3.53. The fraction of sp³-hybridized carbons (Fsp3) is 0.538. The van der Waals surface area contributed by atoms with Gasteiger partial charge in [0.05, 0.1) is 11.6 Å². The predicted molar refractivity (Wildman–Crippen MR) is 80.7 cm³/mol. The molecule has 0 amide bonds. The molecule has 1 N–H and O–H groups in total. The van der Waals surface area contributed by atoms with Crippen LogP contribution in [0.3, 0.4) is 0 Å². The van der Waals surface area contributed by atoms with Crippen LogP contribution >= 0.6 is 28.3 Å². The lowest BCUT2D eigenvalue weighted by molar-refractivity contribution is 0.165. The molecule has 18 heavy (non-hydrogen) atoms. The average molecular weight is 336 g/mol. The van der Waals surface area contributed by atoms with E-state index in [0.29, 0.717) is 6.04 Å². The maximum absolute atomic E-state index is 5.24. The van der Waals surface area contributed by atoms with Crippen LogP contribution in [-0.2, 0) is 6.54 Å². The van der Waals surface area contributed by atoms with Gasteiger partial charge in [-0.15, -0.1) is 12.4 Å². The number of hydrogen-bond donors (Lipinski definition) is 1. The van der Waals surface area contributed by atoms with E-state index in [1.807, 2.05) is 6.07 Å². The highest BCUT2D eigenvalue weighted by Crippen LogP contribution is 2.26. The van der Waals surface area contributed by atoms with Crippen molar-refractivity contribution in [2.75, 3.05) is 26.7 Å². The third kappa shape index (κ3) is 3.85. The van der Waals surface area contributed by atoms with Crippen molar-refractivity contribution in [3.05, 3.63) is 28.2 Å². The van der Waals surface area contributed by atoms with E-state index >= 15 is 0 Å². The van der Waals surface area contributed by atoms with Crippen LogP contribution in [0.5, 0.6) is 5.75 Å². The molecule has 1 aromatic rings. The first-order valence-electron chi connectivity index (χ1n) is 5.98. The Kier molecular flexibility index (Phi) is 6.43. The molecule has 1 heterocycles. The summed E-state index contributed by atoms with van der Waals surface area (Å²) in [6, 6.07) is 6.91. The van der Waals surface area contributed by atoms with Crippen molar-refractivity contribution in [1.82, 2.24) is 10.2 Å². The SMILES string of the molecule is COc1ccc(CN2CCNC[C@@H]2C)cc1Br.Cl. The van der Waals surface area contributed by atoms with Gasteiger partial charge in [0, 0.05) is 32.2 Å². The van der Waals surface area contributed by atoms with E-state index in [9.17, 15) is 0 Å². The van der Waals surface area contributed by atoms with E-state index in [0.717, 1.165) is 36.4 Å². The molecule has 1 aliphatic heterocycles. The molecule has 5 heteroatoms. The zero-order valence-corrected chi connectivity index (χ0v) is 13.2. The Bertz CT molecular complexity index is 389. The summed E-state index contributed by atoms with van der Waals surface area (Å²) in [4.78, 5) is 2.50. The van der Waals surface area contributed by atoms with Gasteiger partial charge in [0.2, 0.25) is 0 Å². The molecule has 0 radical (unpaired) electrons. The normalized spacial score (nSPS) is 20.3. The van der Waals surface area contributed by atoms with Crippen LogP contribution in [0.4, 0.5) is 0 Å². The van der Waals surface area contributed by atoms with Gasteiger partial charge in [-0.05, 0) is 40.5 Å². The standard InChI is InChI=1S/C13H19BrN2O.ClH/c1-10-8-15-5-6-16(10)9-11-3-4-13(17-2)12(14)7-11;/h3-4,7,10,15H,5-6,8-9H2,1-2H3;1H/t10-;/m0./s1. The summed E-state index contributed by atoms with van der Waals surface area (Å²) in [7, 11) is 1.69. The quantitative estimate of drug-likeness (QED) is 0.919. The number of ether oxygens (including phenoxy) is 1. The summed E-state index contributed by atoms with van der Waals surface area (Å²) in [5.74, 6) is 0.891. The maximum Gasteiger partial charge on any atom is 0.133 e. The molecule has 0 bridgehead atoms. The van der Waals surface area contributed by atoms with Gasteiger partial charge in [-0.3, -0.25) is 4.90 Å². The number of methoxy groups -OCH3 is 1. The third-order valence-electron chi connectivity index (χ3n) is 3.24. The highest BCUT2D eigenvalue weighted by Gasteiger charge is 2.17. The molecule has 3 nitrogen and oxygen atoms in total. The van der Waals surface area contributed by atoms with Crippen molar-refractivity contribution in [3.63, 3.8) is 0 Å². The van der Waals surface area contributed by atoms with Gasteiger partial charge in [-0.1, -0.05) is 6.07 Å². The summed E-state index contributed by atoms with van der Waals surface area (Å²) in [5, 5.41) is 3.41. The first-order chi connectivity index (χ1) is 8.20. The molecular weight excluding hydrogens is 316 g/mol. The molecule has 1 aromatic carbocycles. The molecule has 0 aliphatic carbocycles. The second kappa shape index (κ2) is 7.34. The lowest BCUT2D eigenvalue weighted by Gasteiger charge is -2.33. The smallest absolute Gasteiger partial charge is 0.133 e. The van der Waals surface area contributed by atoms with Gasteiger partial charge in [0.25, 0.3) is 0 Å². The van der Waals surface area contributed by atoms with Crippen LogP contribution < -0.4 is 10.1 Å². The largest absolute Gasteiger partial charge is 0.496 e. The molecule has 0 spiro atoms. The summed E-state index contributed by atoms with van der Waals surface area (Å²) < 4.78 is 6.27. The minimum absolute atomic E-state index is 0. The van der Waals surface area contributed by atoms with Crippen LogP contribution in [0.2, 0.25) is 0 Å². The number of rotatable bonds is 3. The van der Waals surface area contributed by atoms with Gasteiger partial charge < -0.3 is 10.1 Å². The van der Waals surface area contributed by atoms with Gasteiger partial charge in [-0.2, -0.15) is 0 Å². The molecule has 1 atom stereocenters. The molecule has 0 aromatic heterocycles. The van der Waals surface area contributed by atoms with E-state index in [4.69, 9.17) is 4.74 Å². The highest BCUT2D eigenvalue weighted by molar-refractivity contribution is 9.10. The Hall–Kier alpha value is -0.290. The number of halogens is 2. The van der Waals surface area contributed by atoms with Crippen LogP contribution in [-0.4, -0.2) is 37.7 Å². The maximum atomic E-state index is 5.24. The van der Waals surface area contributed by atoms with Crippen molar-refractivity contribution in [3.8, 4) is 5.75 Å². The summed E-state index contributed by atoms with van der Waals surface area (Å²) in [6.45, 7) is 6.56. The Morgan fingerprint density at radius 3 is 2.89 bits per heavy atom. The van der Waals surface area contributed by atoms with Crippen LogP contribution in [0.1, 0.15) is 12.5 Å². The lowest BCUT2D eigenvalue weighted by Crippen LogP contribution is -2.49. The molecule has 1 fully saturated rings. The third-order valence-corrected chi connectivity index (χ3v) is 3.86. The van der Waals surface area contributed by atoms with Gasteiger partial charge >= 0.3 is 0 Å². The van der Waals surface area contributed by atoms with Crippen molar-refractivity contribution in [1.29, 1.82) is 0 Å². The Balaban J connectivity index is 0.00000162. The summed E-state index contributed by atoms with van der Waals surface area (Å²) in [5.41, 5.74) is 1.33. The van der Waals surface area contributed by atoms with Crippen LogP contribution in [0.25, 0.3) is 0 Å². The van der Waals surface area contributed by atoms with Gasteiger partial charge in [0.15, 0.2) is 0 Å². The molecular formula is C13H20BrClN2O. The van der Waals surface area contributed by atoms with E-state index in [1.165, 1.54) is 5.56 Å². The Labute approximate surface area is 123 Å². The second-order valence-corrected chi connectivity index (χ2v) is 5.35. The second-order valence-electron chi connectivity index (χ2n) is 4.49. The molecule has 102 valence electrons. The fourth-order valence-electron chi connectivity index (χ4n) is 2.16. The number of nitrogens with one attached hydrogen (secondary N) is 1. The first-order valence-corrected chi connectivity index (χ1v) is 6.77. The van der Waals surface area contributed by atoms with Gasteiger partial charge in [-0.25, -0.2) is 0 Å². The molecule has 0 unspecified atom stereocenters. The number of hydrogen-bond acceptors (Lipinski definition) is 3. The first kappa shape index (κ1) is 15.8. The fourth-order valence-corrected chi connectivity index (χ4v) is 2.75. The minimum atomic E-state index is 0. The van der Waals surface area contributed by atoms with E-state index in [1.54, 1.807) is 7.11 Å². The Morgan fingerprint density at radius 1 is 1.50 bits per heavy atom. The monoisotopic (exact) mass is 334 g/mol. The number of nitrogens with zero attached hydrogens (tertiary/aromatic N) is 1. The number of benzene rings is 1. The molecule has 2 rings (SSSR count). The average Bonchev–Trinajstić information content (AvgIpc) is 2.32. The number of piperazine rings is 1. The van der Waals surface area contributed by atoms with E-state index < -0.39 is 0 Å². The van der Waals surface area contributed by atoms with Crippen molar-refractivity contribution in [2.45, 2.75) is 19.5 Å². The Morgan fingerprint density at radius 2 is 2.28 bits per heavy atom. The zero-order chi connectivity index (χ0) is 12.3. The minimum Gasteiger partial charge on any atom is -0.496 e. The van der Waals surface area contributed by atoms with Crippen molar-refractivity contribution >= 4 is 28.3 Å². The predicted octanol–water partition coefficient (Wildman–Crippen LogP) is 2.67. The molecule has 0 saturated carbocycles. The molecule has 1 saturated heterocycles. The van der Waals surface area contributed by atoms with Crippen LogP contribution in [0, 0.1) is 0 Å². The van der Waals surface area contributed by atoms with E-state index in [2.05, 4.69) is 45.2 Å². The highest BCUT2D eigenvalue weighted by atomic mass is 79.9. The van der Waals surface area contributed by atoms with Crippen molar-refractivity contribution < 1.29 is 4.74 Å². The van der Waals surface area contributed by atoms with Crippen molar-refractivity contribution in [2.24, 2.45) is 0 Å². The molecule has 1 aliphatic rings. The zero-order valence-electron chi connectivity index (χ0n) is 10.8.